The molecule has 0 radical (unpaired) electrons. The zero-order valence-corrected chi connectivity index (χ0v) is 23.6. The summed E-state index contributed by atoms with van der Waals surface area (Å²) >= 11 is 0. The summed E-state index contributed by atoms with van der Waals surface area (Å²) in [5, 5.41) is 15.4. The third-order valence-electron chi connectivity index (χ3n) is 3.02. The van der Waals surface area contributed by atoms with Crippen LogP contribution < -0.4 is 0 Å². The Hall–Kier alpha value is -4.10. The number of aliphatic carboxylic acids is 2. The van der Waals surface area contributed by atoms with Crippen LogP contribution in [0.1, 0.15) is 48.4 Å². The number of halogens is 6. The van der Waals surface area contributed by atoms with E-state index in [1.807, 2.05) is 0 Å². The van der Waals surface area contributed by atoms with Crippen molar-refractivity contribution in [2.24, 2.45) is 0 Å². The molecule has 0 aromatic rings. The molecule has 0 unspecified atom stereocenters. The van der Waals surface area contributed by atoms with Crippen molar-refractivity contribution >= 4 is 52.0 Å². The van der Waals surface area contributed by atoms with Crippen molar-refractivity contribution in [1.29, 1.82) is 0 Å². The molecule has 0 atom stereocenters. The summed E-state index contributed by atoms with van der Waals surface area (Å²) in [6.07, 6.45) is -11.4. The van der Waals surface area contributed by atoms with Gasteiger partial charge in [0.05, 0.1) is 13.2 Å². The van der Waals surface area contributed by atoms with Gasteiger partial charge in [0.2, 0.25) is 5.78 Å². The Morgan fingerprint density at radius 1 is 0.841 bits per heavy atom. The Bertz CT molecular complexity index is 1020. The average Bonchev–Trinajstić information content (AvgIpc) is 2.70. The second-order valence-electron chi connectivity index (χ2n) is 6.82. The number of cyclic esters (lactones) is 2. The average molecular weight is 691 g/mol. The van der Waals surface area contributed by atoms with E-state index < -0.39 is 83.0 Å². The number of esters is 4. The van der Waals surface area contributed by atoms with Crippen molar-refractivity contribution in [2.75, 3.05) is 13.2 Å². The number of rotatable bonds is 6. The van der Waals surface area contributed by atoms with E-state index in [2.05, 4.69) is 18.9 Å². The van der Waals surface area contributed by atoms with E-state index in [9.17, 15) is 59.9 Å². The molecule has 0 aromatic carbocycles. The molecule has 1 saturated heterocycles. The van der Waals surface area contributed by atoms with E-state index in [1.165, 1.54) is 0 Å². The van der Waals surface area contributed by atoms with Gasteiger partial charge in [0.1, 0.15) is 19.3 Å². The third-order valence-corrected chi connectivity index (χ3v) is 3.02. The minimum absolute atomic E-state index is 0. The lowest BCUT2D eigenvalue weighted by Gasteiger charge is -2.33. The highest BCUT2D eigenvalue weighted by molar-refractivity contribution is 7.79. The summed E-state index contributed by atoms with van der Waals surface area (Å²) in [6.45, 7) is 4.91. The predicted molar refractivity (Wildman–Crippen MR) is 125 cm³/mol. The number of carbonyl (C=O) groups excluding carboxylic acids is 5. The molecule has 0 amide bonds. The third kappa shape index (κ3) is 34.1. The molecule has 0 bridgehead atoms. The fourth-order valence-corrected chi connectivity index (χ4v) is 1.43. The van der Waals surface area contributed by atoms with E-state index in [0.717, 1.165) is 0 Å². The van der Waals surface area contributed by atoms with Gasteiger partial charge in [0.15, 0.2) is 0 Å². The van der Waals surface area contributed by atoms with E-state index in [1.54, 1.807) is 13.8 Å². The van der Waals surface area contributed by atoms with Gasteiger partial charge in [-0.05, 0) is 13.8 Å². The molecule has 1 aliphatic rings. The number of Topliss-reactive ketones (excluding diaryl/α,β-unsaturated/α-hetero) is 1. The van der Waals surface area contributed by atoms with Gasteiger partial charge in [-0.1, -0.05) is 0 Å². The van der Waals surface area contributed by atoms with Gasteiger partial charge >= 0.3 is 65.8 Å². The summed E-state index contributed by atoms with van der Waals surface area (Å²) in [6, 6.07) is 0. The maximum Gasteiger partial charge on any atom is 1.00 e. The van der Waals surface area contributed by atoms with Crippen molar-refractivity contribution in [3.05, 3.63) is 0 Å². The Kier molecular flexibility index (Phi) is 25.3. The summed E-state index contributed by atoms with van der Waals surface area (Å²) < 4.78 is 117. The summed E-state index contributed by atoms with van der Waals surface area (Å²) in [5.74, 6) is -11.1. The summed E-state index contributed by atoms with van der Waals surface area (Å²) in [7, 11) is -4.67. The van der Waals surface area contributed by atoms with Crippen LogP contribution in [0.4, 0.5) is 26.3 Å². The summed E-state index contributed by atoms with van der Waals surface area (Å²) in [4.78, 5) is 70.4. The zero-order valence-electron chi connectivity index (χ0n) is 23.8. The van der Waals surface area contributed by atoms with Crippen LogP contribution in [0.15, 0.2) is 0 Å². The Labute approximate surface area is 244 Å². The number of carboxylic acid groups (broad SMARTS) is 2. The Morgan fingerprint density at radius 2 is 1.11 bits per heavy atom. The predicted octanol–water partition coefficient (Wildman–Crippen LogP) is 0.576. The molecule has 6 N–H and O–H groups in total. The number of hydrogen-bond donors (Lipinski definition) is 4. The lowest BCUT2D eigenvalue weighted by Crippen LogP contribution is -2.53. The monoisotopic (exact) mass is 691 g/mol. The lowest BCUT2D eigenvalue weighted by molar-refractivity contribution is -0.353. The van der Waals surface area contributed by atoms with Crippen molar-refractivity contribution in [1.82, 2.24) is 0 Å². The molecule has 260 valence electrons. The quantitative estimate of drug-likeness (QED) is 0.0973. The van der Waals surface area contributed by atoms with Gasteiger partial charge in [0, 0.05) is 13.8 Å². The van der Waals surface area contributed by atoms with Crippen LogP contribution in [-0.2, 0) is 62.9 Å². The Morgan fingerprint density at radius 3 is 1.27 bits per heavy atom. The highest BCUT2D eigenvalue weighted by Crippen LogP contribution is 2.37. The molecule has 1 aliphatic heterocycles. The van der Waals surface area contributed by atoms with Crippen LogP contribution in [0.3, 0.4) is 0 Å². The summed E-state index contributed by atoms with van der Waals surface area (Å²) in [5.41, 5.74) is 0. The standard InChI is InChI=1S/C7H12O4.C6H5F3O4.C3H3F3O.C3H4O4.H2O4S.H2O/c1-3-10-6(8)5-7(9)11-4-2;1-5(6(7,8)9)12-3(10)2-4(11)13-5;1-2(7)3(4,5)6;4-2(5)1-3(6)7;1-5(2,3)4;/h3-5H2,1-2H3;2H2,1H3;1H3;1H2,(H,4,5)(H,6,7);(H2,1,2,3,4);1H2/p+1. The Balaban J connectivity index is -0.000000109. The SMILES string of the molecule is CC(=O)C(F)(F)F.CC1(C(F)(F)F)OC(=O)CC(=O)O1.CCOC(=O)CC(=O)OCC.O.O=C(O)CC(=O)O.O=S(=O)(O)O.[H+]. The number of ketones is 1. The number of carboxylic acids is 2. The molecule has 1 rings (SSSR count). The second kappa shape index (κ2) is 22.4. The minimum atomic E-state index is -4.92. The first kappa shape index (κ1) is 49.6. The molecule has 18 nitrogen and oxygen atoms in total. The molecular formula is C19H29F6O18S+. The maximum absolute atomic E-state index is 12.1. The van der Waals surface area contributed by atoms with E-state index in [4.69, 9.17) is 27.7 Å². The topological polar surface area (TPSA) is 303 Å². The van der Waals surface area contributed by atoms with Crippen molar-refractivity contribution in [3.8, 4) is 0 Å². The second-order valence-corrected chi connectivity index (χ2v) is 7.72. The first-order valence-electron chi connectivity index (χ1n) is 10.5. The van der Waals surface area contributed by atoms with Crippen LogP contribution >= 0.6 is 0 Å². The van der Waals surface area contributed by atoms with Crippen LogP contribution in [0.2, 0.25) is 0 Å². The minimum Gasteiger partial charge on any atom is -0.481 e. The molecular weight excluding hydrogens is 662 g/mol. The van der Waals surface area contributed by atoms with Crippen molar-refractivity contribution in [2.45, 2.75) is 65.1 Å². The first-order valence-corrected chi connectivity index (χ1v) is 11.9. The van der Waals surface area contributed by atoms with E-state index >= 15 is 0 Å². The largest absolute Gasteiger partial charge is 1.00 e. The molecule has 0 saturated carbocycles. The van der Waals surface area contributed by atoms with E-state index in [0.29, 0.717) is 13.8 Å². The molecule has 1 heterocycles. The molecule has 1 fully saturated rings. The fraction of sp³-hybridized carbons (Fsp3) is 0.632. The van der Waals surface area contributed by atoms with Crippen LogP contribution in [0, 0.1) is 0 Å². The highest BCUT2D eigenvalue weighted by atomic mass is 32.3. The number of ether oxygens (including phenoxy) is 4. The van der Waals surface area contributed by atoms with Gasteiger partial charge in [-0.2, -0.15) is 34.8 Å². The molecule has 0 aromatic heterocycles. The number of alkyl halides is 6. The fourth-order valence-electron chi connectivity index (χ4n) is 1.43. The van der Waals surface area contributed by atoms with Gasteiger partial charge in [-0.3, -0.25) is 42.7 Å². The molecule has 0 spiro atoms. The van der Waals surface area contributed by atoms with Crippen molar-refractivity contribution in [3.63, 3.8) is 0 Å². The van der Waals surface area contributed by atoms with Crippen LogP contribution in [0.25, 0.3) is 0 Å². The lowest BCUT2D eigenvalue weighted by atomic mass is 10.2. The van der Waals surface area contributed by atoms with Gasteiger partial charge in [-0.15, -0.1) is 0 Å². The molecule has 25 heteroatoms. The van der Waals surface area contributed by atoms with Crippen LogP contribution in [-0.4, -0.2) is 106 Å². The van der Waals surface area contributed by atoms with Gasteiger partial charge < -0.3 is 34.6 Å². The van der Waals surface area contributed by atoms with Crippen molar-refractivity contribution < 1.29 is 113 Å². The smallest absolute Gasteiger partial charge is 0.481 e. The molecule has 0 aliphatic carbocycles. The maximum atomic E-state index is 12.1. The zero-order chi connectivity index (χ0) is 35.4. The highest BCUT2D eigenvalue weighted by Gasteiger charge is 2.60. The normalized spacial score (nSPS) is 13.2. The number of carbonyl (C=O) groups is 7. The van der Waals surface area contributed by atoms with E-state index in [-0.39, 0.29) is 26.5 Å². The van der Waals surface area contributed by atoms with Gasteiger partial charge in [-0.25, -0.2) is 0 Å². The van der Waals surface area contributed by atoms with Gasteiger partial charge in [0.25, 0.3) is 0 Å². The van der Waals surface area contributed by atoms with Crippen LogP contribution in [0.5, 0.6) is 0 Å². The first-order chi connectivity index (χ1) is 19.0. The molecule has 44 heavy (non-hydrogen) atoms. The number of hydrogen-bond acceptors (Lipinski definition) is 13.